The van der Waals surface area contributed by atoms with Gasteiger partial charge in [0.25, 0.3) is 5.91 Å². The van der Waals surface area contributed by atoms with Crippen molar-refractivity contribution in [2.45, 2.75) is 32.9 Å². The van der Waals surface area contributed by atoms with E-state index < -0.39 is 12.1 Å². The number of esters is 1. The monoisotopic (exact) mass is 313 g/mol. The summed E-state index contributed by atoms with van der Waals surface area (Å²) in [5, 5.41) is 0. The molecule has 0 radical (unpaired) electrons. The third kappa shape index (κ3) is 3.13. The Hall–Kier alpha value is -2.56. The number of hydrogen-bond acceptors (Lipinski definition) is 4. The van der Waals surface area contributed by atoms with Crippen molar-refractivity contribution in [3.05, 3.63) is 59.0 Å². The van der Waals surface area contributed by atoms with Crippen LogP contribution in [0.2, 0.25) is 0 Å². The summed E-state index contributed by atoms with van der Waals surface area (Å²) in [6.07, 6.45) is 1.41. The molecule has 120 valence electrons. The number of nitrogens with zero attached hydrogens (tertiary/aromatic N) is 1. The maximum atomic E-state index is 12.5. The lowest BCUT2D eigenvalue weighted by Crippen LogP contribution is -2.42. The average molecular weight is 313 g/mol. The van der Waals surface area contributed by atoms with E-state index in [-0.39, 0.29) is 11.7 Å². The molecule has 5 heteroatoms. The first-order valence-electron chi connectivity index (χ1n) is 7.67. The van der Waals surface area contributed by atoms with Gasteiger partial charge in [0.05, 0.1) is 6.26 Å². The summed E-state index contributed by atoms with van der Waals surface area (Å²) in [5.74, 6) is -0.642. The number of ether oxygens (including phenoxy) is 1. The van der Waals surface area contributed by atoms with Crippen molar-refractivity contribution in [2.75, 3.05) is 6.54 Å². The Bertz CT molecular complexity index is 734. The minimum Gasteiger partial charge on any atom is -0.457 e. The van der Waals surface area contributed by atoms with Gasteiger partial charge in [-0.3, -0.25) is 4.79 Å². The molecule has 0 spiro atoms. The van der Waals surface area contributed by atoms with Gasteiger partial charge >= 0.3 is 5.97 Å². The van der Waals surface area contributed by atoms with Gasteiger partial charge in [-0.1, -0.05) is 24.3 Å². The van der Waals surface area contributed by atoms with Crippen LogP contribution in [0.15, 0.2) is 41.0 Å². The lowest BCUT2D eigenvalue weighted by Gasteiger charge is -2.30. The lowest BCUT2D eigenvalue weighted by atomic mass is 9.99. The Morgan fingerprint density at radius 1 is 1.22 bits per heavy atom. The first-order valence-corrected chi connectivity index (χ1v) is 7.67. The molecule has 1 aromatic carbocycles. The zero-order chi connectivity index (χ0) is 16.4. The second-order valence-electron chi connectivity index (χ2n) is 5.76. The van der Waals surface area contributed by atoms with Gasteiger partial charge in [0.2, 0.25) is 5.76 Å². The van der Waals surface area contributed by atoms with E-state index in [1.807, 2.05) is 18.2 Å². The molecule has 3 rings (SSSR count). The van der Waals surface area contributed by atoms with Crippen LogP contribution in [0.5, 0.6) is 0 Å². The number of hydrogen-bond donors (Lipinski definition) is 0. The van der Waals surface area contributed by atoms with Crippen molar-refractivity contribution < 1.29 is 18.7 Å². The number of carbonyl (C=O) groups is 2. The van der Waals surface area contributed by atoms with E-state index in [2.05, 4.69) is 6.07 Å². The number of aryl methyl sites for hydroxylation is 1. The molecule has 1 aliphatic rings. The van der Waals surface area contributed by atoms with Crippen LogP contribution in [0.4, 0.5) is 0 Å². The van der Waals surface area contributed by atoms with Gasteiger partial charge in [0.15, 0.2) is 6.10 Å². The summed E-state index contributed by atoms with van der Waals surface area (Å²) in [6.45, 7) is 4.54. The van der Waals surface area contributed by atoms with Crippen molar-refractivity contribution in [1.29, 1.82) is 0 Å². The van der Waals surface area contributed by atoms with Gasteiger partial charge in [-0.15, -0.1) is 0 Å². The quantitative estimate of drug-likeness (QED) is 0.818. The summed E-state index contributed by atoms with van der Waals surface area (Å²) in [6, 6.07) is 9.77. The smallest absolute Gasteiger partial charge is 0.375 e. The molecule has 0 saturated heterocycles. The third-order valence-electron chi connectivity index (χ3n) is 4.12. The molecular weight excluding hydrogens is 294 g/mol. The summed E-state index contributed by atoms with van der Waals surface area (Å²) < 4.78 is 10.4. The topological polar surface area (TPSA) is 59.8 Å². The second-order valence-corrected chi connectivity index (χ2v) is 5.76. The summed E-state index contributed by atoms with van der Waals surface area (Å²) in [7, 11) is 0. The summed E-state index contributed by atoms with van der Waals surface area (Å²) in [4.78, 5) is 26.3. The van der Waals surface area contributed by atoms with E-state index in [0.717, 1.165) is 12.0 Å². The van der Waals surface area contributed by atoms with Crippen molar-refractivity contribution in [3.8, 4) is 0 Å². The Morgan fingerprint density at radius 3 is 2.65 bits per heavy atom. The molecule has 0 bridgehead atoms. The highest BCUT2D eigenvalue weighted by molar-refractivity contribution is 5.91. The highest BCUT2D eigenvalue weighted by Gasteiger charge is 2.28. The van der Waals surface area contributed by atoms with Crippen molar-refractivity contribution in [2.24, 2.45) is 0 Å². The molecule has 0 saturated carbocycles. The van der Waals surface area contributed by atoms with E-state index >= 15 is 0 Å². The predicted molar refractivity (Wildman–Crippen MR) is 83.9 cm³/mol. The minimum atomic E-state index is -0.836. The summed E-state index contributed by atoms with van der Waals surface area (Å²) in [5.41, 5.74) is 3.11. The number of amides is 1. The predicted octanol–water partition coefficient (Wildman–Crippen LogP) is 2.72. The SMILES string of the molecule is Cc1ccoc1C(=O)O[C@H](C)C(=O)N1CCc2ccccc2C1. The highest BCUT2D eigenvalue weighted by atomic mass is 16.6. The van der Waals surface area contributed by atoms with Crippen LogP contribution in [0.1, 0.15) is 34.2 Å². The molecule has 1 atom stereocenters. The van der Waals surface area contributed by atoms with Gasteiger partial charge in [-0.25, -0.2) is 4.79 Å². The van der Waals surface area contributed by atoms with Crippen molar-refractivity contribution in [1.82, 2.24) is 4.90 Å². The fourth-order valence-corrected chi connectivity index (χ4v) is 2.79. The van der Waals surface area contributed by atoms with Gasteiger partial charge in [-0.2, -0.15) is 0 Å². The number of furan rings is 1. The fraction of sp³-hybridized carbons (Fsp3) is 0.333. The first-order chi connectivity index (χ1) is 11.1. The van der Waals surface area contributed by atoms with Crippen LogP contribution >= 0.6 is 0 Å². The van der Waals surface area contributed by atoms with Gasteiger partial charge < -0.3 is 14.1 Å². The molecule has 23 heavy (non-hydrogen) atoms. The Kier molecular flexibility index (Phi) is 4.19. The minimum absolute atomic E-state index is 0.147. The molecule has 2 aromatic rings. The molecule has 0 unspecified atom stereocenters. The van der Waals surface area contributed by atoms with Crippen LogP contribution in [-0.4, -0.2) is 29.4 Å². The van der Waals surface area contributed by atoms with Gasteiger partial charge in [-0.05, 0) is 37.5 Å². The highest BCUT2D eigenvalue weighted by Crippen LogP contribution is 2.20. The van der Waals surface area contributed by atoms with Crippen LogP contribution in [-0.2, 0) is 22.5 Å². The molecule has 0 fully saturated rings. The Morgan fingerprint density at radius 2 is 1.96 bits per heavy atom. The molecule has 0 N–H and O–H groups in total. The van der Waals surface area contributed by atoms with E-state index in [4.69, 9.17) is 9.15 Å². The van der Waals surface area contributed by atoms with Crippen molar-refractivity contribution >= 4 is 11.9 Å². The zero-order valence-corrected chi connectivity index (χ0v) is 13.2. The molecule has 5 nitrogen and oxygen atoms in total. The molecule has 2 heterocycles. The Labute approximate surface area is 134 Å². The summed E-state index contributed by atoms with van der Waals surface area (Å²) >= 11 is 0. The lowest BCUT2D eigenvalue weighted by molar-refractivity contribution is -0.140. The number of fused-ring (bicyclic) bond motifs is 1. The largest absolute Gasteiger partial charge is 0.457 e. The van der Waals surface area contributed by atoms with Gasteiger partial charge in [0.1, 0.15) is 0 Å². The maximum Gasteiger partial charge on any atom is 0.375 e. The zero-order valence-electron chi connectivity index (χ0n) is 13.2. The van der Waals surface area contributed by atoms with E-state index in [1.54, 1.807) is 24.8 Å². The molecule has 1 amide bonds. The van der Waals surface area contributed by atoms with Gasteiger partial charge in [0, 0.05) is 18.7 Å². The van der Waals surface area contributed by atoms with E-state index in [1.165, 1.54) is 11.8 Å². The number of benzene rings is 1. The third-order valence-corrected chi connectivity index (χ3v) is 4.12. The van der Waals surface area contributed by atoms with Crippen molar-refractivity contribution in [3.63, 3.8) is 0 Å². The maximum absolute atomic E-state index is 12.5. The van der Waals surface area contributed by atoms with E-state index in [0.29, 0.717) is 18.7 Å². The molecular formula is C18H19NO4. The molecule has 0 aliphatic carbocycles. The standard InChI is InChI=1S/C18H19NO4/c1-12-8-10-22-16(12)18(21)23-13(2)17(20)19-9-7-14-5-3-4-6-15(14)11-19/h3-6,8,10,13H,7,9,11H2,1-2H3/t13-/m1/s1. The number of rotatable bonds is 3. The molecule has 1 aliphatic heterocycles. The normalized spacial score (nSPS) is 15.0. The van der Waals surface area contributed by atoms with Crippen LogP contribution in [0.25, 0.3) is 0 Å². The van der Waals surface area contributed by atoms with Crippen LogP contribution in [0.3, 0.4) is 0 Å². The van der Waals surface area contributed by atoms with Crippen LogP contribution in [0, 0.1) is 6.92 Å². The van der Waals surface area contributed by atoms with Crippen LogP contribution < -0.4 is 0 Å². The molecule has 1 aromatic heterocycles. The fourth-order valence-electron chi connectivity index (χ4n) is 2.79. The van der Waals surface area contributed by atoms with E-state index in [9.17, 15) is 9.59 Å². The number of carbonyl (C=O) groups excluding carboxylic acids is 2. The Balaban J connectivity index is 1.64. The second kappa shape index (κ2) is 6.28. The average Bonchev–Trinajstić information content (AvgIpc) is 2.99. The first kappa shape index (κ1) is 15.3.